The van der Waals surface area contributed by atoms with E-state index in [4.69, 9.17) is 0 Å². The number of amides is 1. The minimum Gasteiger partial charge on any atom is -0.350 e. The standard InChI is InChI=1S/C16H17N5OS/c1-11-9-12(2)21(19-11)14-5-3-13(4-6-14)7-8-17-16(22)15-10-18-23-20-15/h3-6,9-10H,7-8H2,1-2H3,(H,17,22). The molecule has 1 amide bonds. The minimum atomic E-state index is -0.182. The summed E-state index contributed by atoms with van der Waals surface area (Å²) in [5, 5.41) is 7.31. The fourth-order valence-electron chi connectivity index (χ4n) is 2.37. The molecule has 6 nitrogen and oxygen atoms in total. The highest BCUT2D eigenvalue weighted by molar-refractivity contribution is 6.99. The van der Waals surface area contributed by atoms with E-state index in [0.717, 1.165) is 40.8 Å². The molecule has 0 radical (unpaired) electrons. The van der Waals surface area contributed by atoms with E-state index in [2.05, 4.69) is 37.4 Å². The highest BCUT2D eigenvalue weighted by atomic mass is 32.1. The maximum Gasteiger partial charge on any atom is 0.272 e. The largest absolute Gasteiger partial charge is 0.350 e. The van der Waals surface area contributed by atoms with E-state index >= 15 is 0 Å². The molecule has 2 heterocycles. The third-order valence-electron chi connectivity index (χ3n) is 3.48. The molecule has 0 bridgehead atoms. The van der Waals surface area contributed by atoms with Crippen molar-refractivity contribution in [2.24, 2.45) is 0 Å². The molecule has 3 aromatic rings. The van der Waals surface area contributed by atoms with Gasteiger partial charge in [0.05, 0.1) is 29.3 Å². The summed E-state index contributed by atoms with van der Waals surface area (Å²) in [6.45, 7) is 4.59. The molecule has 118 valence electrons. The SMILES string of the molecule is Cc1cc(C)n(-c2ccc(CCNC(=O)c3cnsn3)cc2)n1. The number of carbonyl (C=O) groups is 1. The molecule has 0 saturated heterocycles. The van der Waals surface area contributed by atoms with Gasteiger partial charge in [-0.05, 0) is 44.0 Å². The van der Waals surface area contributed by atoms with Crippen LogP contribution in [0.1, 0.15) is 27.4 Å². The molecule has 1 N–H and O–H groups in total. The summed E-state index contributed by atoms with van der Waals surface area (Å²) >= 11 is 1.03. The van der Waals surface area contributed by atoms with E-state index < -0.39 is 0 Å². The summed E-state index contributed by atoms with van der Waals surface area (Å²) in [5.74, 6) is -0.182. The average Bonchev–Trinajstić information content (AvgIpc) is 3.18. The van der Waals surface area contributed by atoms with Crippen LogP contribution < -0.4 is 5.32 Å². The van der Waals surface area contributed by atoms with Gasteiger partial charge >= 0.3 is 0 Å². The lowest BCUT2D eigenvalue weighted by Crippen LogP contribution is -2.25. The Morgan fingerprint density at radius 3 is 2.65 bits per heavy atom. The zero-order chi connectivity index (χ0) is 16.2. The second-order valence-electron chi connectivity index (χ2n) is 5.30. The van der Waals surface area contributed by atoms with E-state index in [0.29, 0.717) is 12.2 Å². The van der Waals surface area contributed by atoms with E-state index in [9.17, 15) is 4.79 Å². The monoisotopic (exact) mass is 327 g/mol. The predicted molar refractivity (Wildman–Crippen MR) is 89.0 cm³/mol. The number of hydrogen-bond donors (Lipinski definition) is 1. The van der Waals surface area contributed by atoms with Crippen LogP contribution in [0.4, 0.5) is 0 Å². The van der Waals surface area contributed by atoms with Crippen molar-refractivity contribution in [3.05, 3.63) is 59.2 Å². The van der Waals surface area contributed by atoms with Gasteiger partial charge in [-0.3, -0.25) is 4.79 Å². The molecule has 0 fully saturated rings. The Bertz CT molecular complexity index is 793. The number of rotatable bonds is 5. The Morgan fingerprint density at radius 1 is 1.26 bits per heavy atom. The molecule has 0 aliphatic rings. The normalized spacial score (nSPS) is 10.7. The molecular weight excluding hydrogens is 310 g/mol. The lowest BCUT2D eigenvalue weighted by atomic mass is 10.1. The van der Waals surface area contributed by atoms with Gasteiger partial charge in [-0.1, -0.05) is 12.1 Å². The van der Waals surface area contributed by atoms with Crippen molar-refractivity contribution in [2.75, 3.05) is 6.54 Å². The van der Waals surface area contributed by atoms with Crippen molar-refractivity contribution < 1.29 is 4.79 Å². The first-order valence-electron chi connectivity index (χ1n) is 7.32. The van der Waals surface area contributed by atoms with E-state index in [1.165, 1.54) is 6.20 Å². The van der Waals surface area contributed by atoms with Crippen LogP contribution in [0.15, 0.2) is 36.5 Å². The Kier molecular flexibility index (Phi) is 4.47. The Hall–Kier alpha value is -2.54. The van der Waals surface area contributed by atoms with Crippen molar-refractivity contribution in [3.63, 3.8) is 0 Å². The van der Waals surface area contributed by atoms with Crippen LogP contribution in [0, 0.1) is 13.8 Å². The van der Waals surface area contributed by atoms with Crippen LogP contribution in [-0.4, -0.2) is 31.0 Å². The van der Waals surface area contributed by atoms with Gasteiger partial charge in [-0.25, -0.2) is 4.68 Å². The van der Waals surface area contributed by atoms with Crippen LogP contribution in [0.25, 0.3) is 5.69 Å². The fraction of sp³-hybridized carbons (Fsp3) is 0.250. The maximum atomic E-state index is 11.8. The topological polar surface area (TPSA) is 72.7 Å². The van der Waals surface area contributed by atoms with Crippen molar-refractivity contribution in [1.82, 2.24) is 23.8 Å². The van der Waals surface area contributed by atoms with Gasteiger partial charge in [0, 0.05) is 12.2 Å². The zero-order valence-corrected chi connectivity index (χ0v) is 13.8. The highest BCUT2D eigenvalue weighted by Gasteiger charge is 2.08. The number of benzene rings is 1. The molecule has 0 unspecified atom stereocenters. The summed E-state index contributed by atoms with van der Waals surface area (Å²) in [5.41, 5.74) is 4.68. The lowest BCUT2D eigenvalue weighted by molar-refractivity contribution is 0.0950. The first-order chi connectivity index (χ1) is 11.1. The van der Waals surface area contributed by atoms with E-state index in [-0.39, 0.29) is 5.91 Å². The van der Waals surface area contributed by atoms with Crippen LogP contribution in [0.3, 0.4) is 0 Å². The van der Waals surface area contributed by atoms with Crippen molar-refractivity contribution >= 4 is 17.6 Å². The lowest BCUT2D eigenvalue weighted by Gasteiger charge is -2.07. The van der Waals surface area contributed by atoms with Crippen molar-refractivity contribution in [1.29, 1.82) is 0 Å². The molecule has 0 spiro atoms. The fourth-order valence-corrected chi connectivity index (χ4v) is 2.78. The van der Waals surface area contributed by atoms with Gasteiger partial charge in [0.2, 0.25) is 0 Å². The van der Waals surface area contributed by atoms with Gasteiger partial charge < -0.3 is 5.32 Å². The molecule has 1 aromatic carbocycles. The first-order valence-corrected chi connectivity index (χ1v) is 8.05. The van der Waals surface area contributed by atoms with Gasteiger partial charge in [0.1, 0.15) is 0 Å². The zero-order valence-electron chi connectivity index (χ0n) is 13.0. The second kappa shape index (κ2) is 6.70. The third-order valence-corrected chi connectivity index (χ3v) is 3.96. The second-order valence-corrected chi connectivity index (χ2v) is 5.86. The molecule has 23 heavy (non-hydrogen) atoms. The van der Waals surface area contributed by atoms with Crippen LogP contribution in [0.5, 0.6) is 0 Å². The van der Waals surface area contributed by atoms with Crippen LogP contribution in [-0.2, 0) is 6.42 Å². The number of nitrogens with one attached hydrogen (secondary N) is 1. The molecule has 7 heteroatoms. The Balaban J connectivity index is 1.58. The summed E-state index contributed by atoms with van der Waals surface area (Å²) < 4.78 is 9.65. The molecular formula is C16H17N5OS. The van der Waals surface area contributed by atoms with Crippen molar-refractivity contribution in [2.45, 2.75) is 20.3 Å². The van der Waals surface area contributed by atoms with Crippen LogP contribution >= 0.6 is 11.7 Å². The van der Waals surface area contributed by atoms with Gasteiger partial charge in [0.25, 0.3) is 5.91 Å². The summed E-state index contributed by atoms with van der Waals surface area (Å²) in [6, 6.07) is 10.3. The molecule has 2 aromatic heterocycles. The summed E-state index contributed by atoms with van der Waals surface area (Å²) in [4.78, 5) is 11.8. The molecule has 0 aliphatic heterocycles. The van der Waals surface area contributed by atoms with E-state index in [1.54, 1.807) is 0 Å². The van der Waals surface area contributed by atoms with Gasteiger partial charge in [0.15, 0.2) is 5.69 Å². The molecule has 0 saturated carbocycles. The van der Waals surface area contributed by atoms with Crippen molar-refractivity contribution in [3.8, 4) is 5.69 Å². The number of hydrogen-bond acceptors (Lipinski definition) is 5. The molecule has 0 atom stereocenters. The highest BCUT2D eigenvalue weighted by Crippen LogP contribution is 2.13. The molecule has 3 rings (SSSR count). The number of aryl methyl sites for hydroxylation is 2. The average molecular weight is 327 g/mol. The smallest absolute Gasteiger partial charge is 0.272 e. The van der Waals surface area contributed by atoms with Crippen LogP contribution in [0.2, 0.25) is 0 Å². The minimum absolute atomic E-state index is 0.182. The summed E-state index contributed by atoms with van der Waals surface area (Å²) in [7, 11) is 0. The number of carbonyl (C=O) groups excluding carboxylic acids is 1. The van der Waals surface area contributed by atoms with Gasteiger partial charge in [-0.2, -0.15) is 13.8 Å². The quantitative estimate of drug-likeness (QED) is 0.780. The Labute approximate surface area is 138 Å². The number of nitrogens with zero attached hydrogens (tertiary/aromatic N) is 4. The maximum absolute atomic E-state index is 11.8. The number of aromatic nitrogens is 4. The first kappa shape index (κ1) is 15.4. The Morgan fingerprint density at radius 2 is 2.04 bits per heavy atom. The molecule has 0 aliphatic carbocycles. The predicted octanol–water partition coefficient (Wildman–Crippen LogP) is 2.31. The van der Waals surface area contributed by atoms with E-state index in [1.807, 2.05) is 30.7 Å². The third kappa shape index (κ3) is 3.62. The summed E-state index contributed by atoms with van der Waals surface area (Å²) in [6.07, 6.45) is 2.24. The van der Waals surface area contributed by atoms with Gasteiger partial charge in [-0.15, -0.1) is 0 Å².